The second-order valence-corrected chi connectivity index (χ2v) is 7.47. The first-order valence-electron chi connectivity index (χ1n) is 9.75. The number of aryl methyl sites for hydroxylation is 1. The first kappa shape index (κ1) is 19.9. The molecule has 4 aromatic rings. The van der Waals surface area contributed by atoms with Gasteiger partial charge in [-0.2, -0.15) is 0 Å². The molecule has 2 heterocycles. The zero-order chi connectivity index (χ0) is 20.9. The molecule has 2 N–H and O–H groups in total. The number of pyridine rings is 1. The number of halogens is 1. The van der Waals surface area contributed by atoms with Crippen molar-refractivity contribution in [2.24, 2.45) is 0 Å². The molecule has 0 aliphatic rings. The van der Waals surface area contributed by atoms with Crippen molar-refractivity contribution in [3.8, 4) is 0 Å². The van der Waals surface area contributed by atoms with Gasteiger partial charge in [-0.3, -0.25) is 0 Å². The summed E-state index contributed by atoms with van der Waals surface area (Å²) in [4.78, 5) is 21.5. The predicted molar refractivity (Wildman–Crippen MR) is 120 cm³/mol. The molecule has 0 unspecified atom stereocenters. The highest BCUT2D eigenvalue weighted by Crippen LogP contribution is 2.22. The van der Waals surface area contributed by atoms with Crippen LogP contribution >= 0.6 is 11.6 Å². The monoisotopic (exact) mass is 419 g/mol. The minimum Gasteiger partial charge on any atom is -0.337 e. The summed E-state index contributed by atoms with van der Waals surface area (Å²) in [6.45, 7) is 3.06. The SMILES string of the molecule is Cc1ccc(NC(=O)NCCc2nc3cccnc3n2Cc2ccccc2)c(Cl)c1. The lowest BCUT2D eigenvalue weighted by Gasteiger charge is -2.11. The zero-order valence-electron chi connectivity index (χ0n) is 16.6. The molecule has 0 spiro atoms. The third kappa shape index (κ3) is 4.60. The van der Waals surface area contributed by atoms with E-state index in [1.165, 1.54) is 5.56 Å². The molecular weight excluding hydrogens is 398 g/mol. The fourth-order valence-corrected chi connectivity index (χ4v) is 3.59. The lowest BCUT2D eigenvalue weighted by molar-refractivity contribution is 0.252. The number of benzene rings is 2. The summed E-state index contributed by atoms with van der Waals surface area (Å²) in [5.41, 5.74) is 4.48. The van der Waals surface area contributed by atoms with Crippen molar-refractivity contribution >= 4 is 34.5 Å². The Morgan fingerprint density at radius 3 is 2.73 bits per heavy atom. The number of fused-ring (bicyclic) bond motifs is 1. The van der Waals surface area contributed by atoms with Crippen molar-refractivity contribution in [1.29, 1.82) is 0 Å². The van der Waals surface area contributed by atoms with Gasteiger partial charge in [0.15, 0.2) is 5.65 Å². The minimum absolute atomic E-state index is 0.301. The fourth-order valence-electron chi connectivity index (χ4n) is 3.30. The van der Waals surface area contributed by atoms with Gasteiger partial charge >= 0.3 is 6.03 Å². The van der Waals surface area contributed by atoms with Crippen molar-refractivity contribution in [2.75, 3.05) is 11.9 Å². The third-order valence-electron chi connectivity index (χ3n) is 4.77. The molecule has 152 valence electrons. The fraction of sp³-hybridized carbons (Fsp3) is 0.174. The summed E-state index contributed by atoms with van der Waals surface area (Å²) in [5, 5.41) is 6.17. The summed E-state index contributed by atoms with van der Waals surface area (Å²) in [6, 6.07) is 19.2. The topological polar surface area (TPSA) is 71.8 Å². The molecule has 0 saturated carbocycles. The van der Waals surface area contributed by atoms with Crippen LogP contribution in [0, 0.1) is 6.92 Å². The number of nitrogens with one attached hydrogen (secondary N) is 2. The molecule has 2 amide bonds. The van der Waals surface area contributed by atoms with E-state index in [2.05, 4.69) is 32.3 Å². The van der Waals surface area contributed by atoms with E-state index >= 15 is 0 Å². The van der Waals surface area contributed by atoms with Crippen LogP contribution in [0.5, 0.6) is 0 Å². The highest BCUT2D eigenvalue weighted by Gasteiger charge is 2.13. The summed E-state index contributed by atoms with van der Waals surface area (Å²) >= 11 is 6.18. The van der Waals surface area contributed by atoms with E-state index in [0.29, 0.717) is 30.2 Å². The molecular formula is C23H22ClN5O. The molecule has 0 aliphatic carbocycles. The highest BCUT2D eigenvalue weighted by molar-refractivity contribution is 6.33. The number of carbonyl (C=O) groups is 1. The summed E-state index contributed by atoms with van der Waals surface area (Å²) in [5.74, 6) is 0.876. The molecule has 0 fully saturated rings. The van der Waals surface area contributed by atoms with E-state index in [4.69, 9.17) is 16.6 Å². The van der Waals surface area contributed by atoms with Crippen LogP contribution in [0.15, 0.2) is 66.9 Å². The number of rotatable bonds is 6. The number of imidazole rings is 1. The molecule has 4 rings (SSSR count). The Kier molecular flexibility index (Phi) is 5.95. The normalized spacial score (nSPS) is 10.9. The van der Waals surface area contributed by atoms with Gasteiger partial charge < -0.3 is 15.2 Å². The number of urea groups is 1. The van der Waals surface area contributed by atoms with Crippen molar-refractivity contribution in [2.45, 2.75) is 19.9 Å². The summed E-state index contributed by atoms with van der Waals surface area (Å²) in [6.07, 6.45) is 2.35. The van der Waals surface area contributed by atoms with Gasteiger partial charge in [0.1, 0.15) is 11.3 Å². The number of nitrogens with zero attached hydrogens (tertiary/aromatic N) is 3. The number of anilines is 1. The smallest absolute Gasteiger partial charge is 0.319 e. The Balaban J connectivity index is 1.44. The quantitative estimate of drug-likeness (QED) is 0.471. The summed E-state index contributed by atoms with van der Waals surface area (Å²) in [7, 11) is 0. The Hall–Kier alpha value is -3.38. The van der Waals surface area contributed by atoms with E-state index in [1.807, 2.05) is 49.4 Å². The van der Waals surface area contributed by atoms with Crippen molar-refractivity contribution < 1.29 is 4.79 Å². The molecule has 2 aromatic carbocycles. The van der Waals surface area contributed by atoms with Gasteiger partial charge in [0.2, 0.25) is 0 Å². The van der Waals surface area contributed by atoms with E-state index < -0.39 is 0 Å². The van der Waals surface area contributed by atoms with E-state index in [1.54, 1.807) is 12.3 Å². The molecule has 6 nitrogen and oxygen atoms in total. The number of aromatic nitrogens is 3. The summed E-state index contributed by atoms with van der Waals surface area (Å²) < 4.78 is 2.10. The van der Waals surface area contributed by atoms with Gasteiger partial charge in [0.25, 0.3) is 0 Å². The standard InChI is InChI=1S/C23H22ClN5O/c1-16-9-10-19(18(24)14-16)28-23(30)26-13-11-21-27-20-8-5-12-25-22(20)29(21)15-17-6-3-2-4-7-17/h2-10,12,14H,11,13,15H2,1H3,(H2,26,28,30). The van der Waals surface area contributed by atoms with E-state index in [-0.39, 0.29) is 6.03 Å². The van der Waals surface area contributed by atoms with Gasteiger partial charge in [-0.1, -0.05) is 48.0 Å². The van der Waals surface area contributed by atoms with Gasteiger partial charge in [-0.15, -0.1) is 0 Å². The van der Waals surface area contributed by atoms with Crippen molar-refractivity contribution in [3.63, 3.8) is 0 Å². The highest BCUT2D eigenvalue weighted by atomic mass is 35.5. The minimum atomic E-state index is -0.301. The predicted octanol–water partition coefficient (Wildman–Crippen LogP) is 4.81. The average Bonchev–Trinajstić information content (AvgIpc) is 3.08. The van der Waals surface area contributed by atoms with Crippen LogP contribution in [-0.4, -0.2) is 27.1 Å². The molecule has 0 saturated heterocycles. The van der Waals surface area contributed by atoms with Crippen molar-refractivity contribution in [3.05, 3.63) is 88.8 Å². The lowest BCUT2D eigenvalue weighted by Crippen LogP contribution is -2.31. The maximum Gasteiger partial charge on any atom is 0.319 e. The van der Waals surface area contributed by atoms with E-state index in [9.17, 15) is 4.79 Å². The first-order valence-corrected chi connectivity index (χ1v) is 10.1. The second kappa shape index (κ2) is 8.97. The molecule has 30 heavy (non-hydrogen) atoms. The van der Waals surface area contributed by atoms with Gasteiger partial charge in [-0.05, 0) is 42.3 Å². The number of hydrogen-bond acceptors (Lipinski definition) is 3. The Morgan fingerprint density at radius 1 is 1.10 bits per heavy atom. The molecule has 7 heteroatoms. The van der Waals surface area contributed by atoms with Crippen molar-refractivity contribution in [1.82, 2.24) is 19.9 Å². The third-order valence-corrected chi connectivity index (χ3v) is 5.09. The molecule has 0 aliphatic heterocycles. The van der Waals surface area contributed by atoms with Crippen LogP contribution in [0.25, 0.3) is 11.2 Å². The number of hydrogen-bond donors (Lipinski definition) is 2. The van der Waals surface area contributed by atoms with E-state index in [0.717, 1.165) is 22.6 Å². The average molecular weight is 420 g/mol. The van der Waals surface area contributed by atoms with Gasteiger partial charge in [0, 0.05) is 19.2 Å². The maximum absolute atomic E-state index is 12.3. The Labute approximate surface area is 179 Å². The van der Waals surface area contributed by atoms with Crippen LogP contribution in [0.4, 0.5) is 10.5 Å². The number of amides is 2. The largest absolute Gasteiger partial charge is 0.337 e. The van der Waals surface area contributed by atoms with Gasteiger partial charge in [0.05, 0.1) is 17.3 Å². The van der Waals surface area contributed by atoms with Crippen LogP contribution < -0.4 is 10.6 Å². The molecule has 0 atom stereocenters. The van der Waals surface area contributed by atoms with Crippen LogP contribution in [0.3, 0.4) is 0 Å². The zero-order valence-corrected chi connectivity index (χ0v) is 17.4. The van der Waals surface area contributed by atoms with Crippen LogP contribution in [0.2, 0.25) is 5.02 Å². The Bertz CT molecular complexity index is 1170. The second-order valence-electron chi connectivity index (χ2n) is 7.06. The number of carbonyl (C=O) groups excluding carboxylic acids is 1. The molecule has 0 radical (unpaired) electrons. The Morgan fingerprint density at radius 2 is 1.93 bits per heavy atom. The molecule has 0 bridgehead atoms. The first-order chi connectivity index (χ1) is 14.6. The maximum atomic E-state index is 12.3. The lowest BCUT2D eigenvalue weighted by atomic mass is 10.2. The molecule has 2 aromatic heterocycles. The van der Waals surface area contributed by atoms with Gasteiger partial charge in [-0.25, -0.2) is 14.8 Å². The van der Waals surface area contributed by atoms with Crippen LogP contribution in [-0.2, 0) is 13.0 Å². The van der Waals surface area contributed by atoms with Crippen LogP contribution in [0.1, 0.15) is 17.0 Å².